The van der Waals surface area contributed by atoms with Gasteiger partial charge in [-0.05, 0) is 20.3 Å². The SMILES string of the molecule is C=C([C@@H](O[C@@H](C/C=C/CCC)C(=O)N(CC)CC)[C@H](O)CO)[Si](C)(C)C. The van der Waals surface area contributed by atoms with E-state index in [-0.39, 0.29) is 5.91 Å². The van der Waals surface area contributed by atoms with E-state index in [0.29, 0.717) is 19.5 Å². The molecule has 0 fully saturated rings. The molecule has 0 saturated carbocycles. The number of carbonyl (C=O) groups is 1. The van der Waals surface area contributed by atoms with Crippen molar-refractivity contribution in [3.05, 3.63) is 23.9 Å². The van der Waals surface area contributed by atoms with Crippen molar-refractivity contribution in [2.45, 2.75) is 78.0 Å². The van der Waals surface area contributed by atoms with Gasteiger partial charge in [-0.15, -0.1) is 6.58 Å². The van der Waals surface area contributed by atoms with E-state index in [0.717, 1.165) is 18.0 Å². The molecular weight excluding hydrogens is 346 g/mol. The first-order valence-electron chi connectivity index (χ1n) is 9.71. The molecule has 152 valence electrons. The lowest BCUT2D eigenvalue weighted by Gasteiger charge is -2.34. The predicted molar refractivity (Wildman–Crippen MR) is 111 cm³/mol. The fourth-order valence-corrected chi connectivity index (χ4v) is 3.68. The Balaban J connectivity index is 5.53. The van der Waals surface area contributed by atoms with Gasteiger partial charge in [0.15, 0.2) is 0 Å². The fourth-order valence-electron chi connectivity index (χ4n) is 2.56. The van der Waals surface area contributed by atoms with E-state index in [2.05, 4.69) is 39.2 Å². The second kappa shape index (κ2) is 12.4. The topological polar surface area (TPSA) is 70.0 Å². The van der Waals surface area contributed by atoms with Crippen LogP contribution in [0.25, 0.3) is 0 Å². The van der Waals surface area contributed by atoms with Crippen LogP contribution in [-0.2, 0) is 9.53 Å². The first-order chi connectivity index (χ1) is 12.1. The van der Waals surface area contributed by atoms with E-state index < -0.39 is 33.0 Å². The number of nitrogens with zero attached hydrogens (tertiary/aromatic N) is 1. The molecule has 0 unspecified atom stereocenters. The third-order valence-corrected chi connectivity index (χ3v) is 6.69. The minimum atomic E-state index is -1.83. The molecule has 0 spiro atoms. The number of unbranched alkanes of at least 4 members (excludes halogenated alkanes) is 1. The average molecular weight is 386 g/mol. The van der Waals surface area contributed by atoms with Crippen LogP contribution in [0.4, 0.5) is 0 Å². The first-order valence-corrected chi connectivity index (χ1v) is 13.2. The van der Waals surface area contributed by atoms with Gasteiger partial charge in [0.2, 0.25) is 0 Å². The minimum absolute atomic E-state index is 0.0883. The number of likely N-dealkylation sites (N-methyl/N-ethyl adjacent to an activating group) is 1. The molecule has 0 bridgehead atoms. The Morgan fingerprint density at radius 3 is 2.19 bits per heavy atom. The van der Waals surface area contributed by atoms with Crippen LogP contribution in [0.1, 0.15) is 40.0 Å². The van der Waals surface area contributed by atoms with Crippen molar-refractivity contribution in [1.29, 1.82) is 0 Å². The minimum Gasteiger partial charge on any atom is -0.394 e. The highest BCUT2D eigenvalue weighted by Crippen LogP contribution is 2.24. The summed E-state index contributed by atoms with van der Waals surface area (Å²) in [6.07, 6.45) is 3.95. The number of ether oxygens (including phenoxy) is 1. The number of carbonyl (C=O) groups excluding carboxylic acids is 1. The summed E-state index contributed by atoms with van der Waals surface area (Å²) < 4.78 is 6.10. The highest BCUT2D eigenvalue weighted by Gasteiger charge is 2.35. The Labute approximate surface area is 160 Å². The predicted octanol–water partition coefficient (Wildman–Crippen LogP) is 3.14. The zero-order valence-electron chi connectivity index (χ0n) is 17.5. The summed E-state index contributed by atoms with van der Waals surface area (Å²) >= 11 is 0. The molecule has 0 rings (SSSR count). The number of hydrogen-bond acceptors (Lipinski definition) is 4. The van der Waals surface area contributed by atoms with Gasteiger partial charge in [-0.25, -0.2) is 0 Å². The molecule has 5 nitrogen and oxygen atoms in total. The molecule has 6 heteroatoms. The second-order valence-electron chi connectivity index (χ2n) is 7.58. The van der Waals surface area contributed by atoms with Crippen molar-refractivity contribution in [1.82, 2.24) is 4.90 Å². The third kappa shape index (κ3) is 8.16. The van der Waals surface area contributed by atoms with Gasteiger partial charge >= 0.3 is 0 Å². The maximum absolute atomic E-state index is 12.9. The lowest BCUT2D eigenvalue weighted by atomic mass is 10.1. The van der Waals surface area contributed by atoms with Crippen molar-refractivity contribution in [3.8, 4) is 0 Å². The van der Waals surface area contributed by atoms with Gasteiger partial charge in [0.05, 0.1) is 14.7 Å². The molecule has 0 aliphatic carbocycles. The van der Waals surface area contributed by atoms with Gasteiger partial charge in [-0.2, -0.15) is 0 Å². The van der Waals surface area contributed by atoms with Crippen LogP contribution in [0.2, 0.25) is 19.6 Å². The van der Waals surface area contributed by atoms with E-state index in [1.807, 2.05) is 19.9 Å². The standard InChI is InChI=1S/C20H39NO4Si/c1-8-11-12-13-14-18(20(24)21(9-2)10-3)25-19(17(23)15-22)16(4)26(5,6)7/h12-13,17-19,22-23H,4,8-11,14-15H2,1-3,5-7H3/b13-12+/t17-,18+,19-/m1/s1. The van der Waals surface area contributed by atoms with E-state index in [1.165, 1.54) is 0 Å². The maximum Gasteiger partial charge on any atom is 0.252 e. The maximum atomic E-state index is 12.9. The fraction of sp³-hybridized carbons (Fsp3) is 0.750. The quantitative estimate of drug-likeness (QED) is 0.377. The summed E-state index contributed by atoms with van der Waals surface area (Å²) in [7, 11) is -1.83. The van der Waals surface area contributed by atoms with Crippen LogP contribution in [0.15, 0.2) is 23.9 Å². The van der Waals surface area contributed by atoms with Crippen LogP contribution in [0.3, 0.4) is 0 Å². The van der Waals surface area contributed by atoms with Crippen molar-refractivity contribution < 1.29 is 19.7 Å². The van der Waals surface area contributed by atoms with Gasteiger partial charge < -0.3 is 19.8 Å². The average Bonchev–Trinajstić information content (AvgIpc) is 2.60. The van der Waals surface area contributed by atoms with Gasteiger partial charge in [0, 0.05) is 19.5 Å². The number of aliphatic hydroxyl groups excluding tert-OH is 2. The van der Waals surface area contributed by atoms with Crippen LogP contribution < -0.4 is 0 Å². The summed E-state index contributed by atoms with van der Waals surface area (Å²) in [6.45, 7) is 17.2. The van der Waals surface area contributed by atoms with Crippen molar-refractivity contribution in [3.63, 3.8) is 0 Å². The number of hydrogen-bond donors (Lipinski definition) is 2. The Morgan fingerprint density at radius 2 is 1.77 bits per heavy atom. The van der Waals surface area contributed by atoms with E-state index in [4.69, 9.17) is 4.74 Å². The molecule has 0 heterocycles. The molecule has 0 aromatic carbocycles. The summed E-state index contributed by atoms with van der Waals surface area (Å²) in [5.41, 5.74) is 0. The normalized spacial score (nSPS) is 15.7. The highest BCUT2D eigenvalue weighted by atomic mass is 28.3. The highest BCUT2D eigenvalue weighted by molar-refractivity contribution is 6.83. The van der Waals surface area contributed by atoms with Crippen LogP contribution in [0, 0.1) is 0 Å². The number of allylic oxidation sites excluding steroid dienone is 1. The van der Waals surface area contributed by atoms with Gasteiger partial charge in [-0.1, -0.05) is 50.3 Å². The molecule has 0 aromatic rings. The Bertz CT molecular complexity index is 455. The monoisotopic (exact) mass is 385 g/mol. The second-order valence-corrected chi connectivity index (χ2v) is 12.7. The van der Waals surface area contributed by atoms with Crippen molar-refractivity contribution in [2.24, 2.45) is 0 Å². The number of aliphatic hydroxyl groups is 2. The molecule has 0 saturated heterocycles. The summed E-state index contributed by atoms with van der Waals surface area (Å²) in [5.74, 6) is -0.0883. The van der Waals surface area contributed by atoms with Crippen LogP contribution in [-0.4, -0.2) is 67.1 Å². The molecule has 1 amide bonds. The lowest BCUT2D eigenvalue weighted by Crippen LogP contribution is -2.48. The first kappa shape index (κ1) is 25.0. The Hall–Kier alpha value is -0.953. The largest absolute Gasteiger partial charge is 0.394 e. The van der Waals surface area contributed by atoms with Gasteiger partial charge in [0.25, 0.3) is 5.91 Å². The lowest BCUT2D eigenvalue weighted by molar-refractivity contribution is -0.150. The molecular formula is C20H39NO4Si. The molecule has 3 atom stereocenters. The van der Waals surface area contributed by atoms with E-state index in [9.17, 15) is 15.0 Å². The molecule has 0 aromatic heterocycles. The third-order valence-electron chi connectivity index (χ3n) is 4.48. The van der Waals surface area contributed by atoms with Crippen LogP contribution in [0.5, 0.6) is 0 Å². The zero-order chi connectivity index (χ0) is 20.3. The molecule has 0 aliphatic heterocycles. The molecule has 0 radical (unpaired) electrons. The molecule has 26 heavy (non-hydrogen) atoms. The number of amides is 1. The molecule has 2 N–H and O–H groups in total. The summed E-state index contributed by atoms with van der Waals surface area (Å²) in [5, 5.41) is 20.5. The van der Waals surface area contributed by atoms with Gasteiger partial charge in [-0.3, -0.25) is 4.79 Å². The van der Waals surface area contributed by atoms with Crippen LogP contribution >= 0.6 is 0 Å². The smallest absolute Gasteiger partial charge is 0.252 e. The van der Waals surface area contributed by atoms with Gasteiger partial charge in [0.1, 0.15) is 18.3 Å². The van der Waals surface area contributed by atoms with Crippen molar-refractivity contribution >= 4 is 14.0 Å². The summed E-state index contributed by atoms with van der Waals surface area (Å²) in [6, 6.07) is 0. The van der Waals surface area contributed by atoms with Crippen molar-refractivity contribution in [2.75, 3.05) is 19.7 Å². The Kier molecular flexibility index (Phi) is 12.0. The number of rotatable bonds is 13. The zero-order valence-corrected chi connectivity index (χ0v) is 18.5. The van der Waals surface area contributed by atoms with E-state index >= 15 is 0 Å². The van der Waals surface area contributed by atoms with E-state index in [1.54, 1.807) is 4.90 Å². The Morgan fingerprint density at radius 1 is 1.19 bits per heavy atom. The molecule has 0 aliphatic rings. The summed E-state index contributed by atoms with van der Waals surface area (Å²) in [4.78, 5) is 14.6.